The first-order chi connectivity index (χ1) is 4.10. The van der Waals surface area contributed by atoms with Crippen molar-refractivity contribution in [2.24, 2.45) is 4.99 Å². The van der Waals surface area contributed by atoms with Crippen molar-refractivity contribution in [1.82, 2.24) is 0 Å². The smallest absolute Gasteiger partial charge is 0.0708 e. The van der Waals surface area contributed by atoms with Crippen LogP contribution >= 0.6 is 11.8 Å². The van der Waals surface area contributed by atoms with E-state index in [1.54, 1.807) is 11.8 Å². The molecule has 0 amide bonds. The van der Waals surface area contributed by atoms with Crippen molar-refractivity contribution in [2.75, 3.05) is 0 Å². The molecule has 1 nitrogen and oxygen atoms in total. The maximum absolute atomic E-state index is 4.12. The molecular weight excluding hydrogens is 130 g/mol. The molecule has 0 saturated heterocycles. The summed E-state index contributed by atoms with van der Waals surface area (Å²) in [5.74, 6) is 0. The average Bonchev–Trinajstić information content (AvgIpc) is 1.60. The minimum Gasteiger partial charge on any atom is -0.255 e. The van der Waals surface area contributed by atoms with Gasteiger partial charge in [-0.1, -0.05) is 6.08 Å². The van der Waals surface area contributed by atoms with Gasteiger partial charge in [-0.15, -0.1) is 11.8 Å². The van der Waals surface area contributed by atoms with Crippen LogP contribution in [-0.4, -0.2) is 9.79 Å². The van der Waals surface area contributed by atoms with Crippen LogP contribution in [0.1, 0.15) is 20.8 Å². The lowest BCUT2D eigenvalue weighted by atomic mass is 10.2. The van der Waals surface area contributed by atoms with E-state index in [1.807, 2.05) is 13.1 Å². The highest BCUT2D eigenvalue weighted by molar-refractivity contribution is 8.15. The normalized spacial score (nSPS) is 23.7. The van der Waals surface area contributed by atoms with E-state index in [4.69, 9.17) is 0 Å². The van der Waals surface area contributed by atoms with Crippen LogP contribution in [0.2, 0.25) is 0 Å². The van der Waals surface area contributed by atoms with Gasteiger partial charge in [0.2, 0.25) is 0 Å². The van der Waals surface area contributed by atoms with Gasteiger partial charge in [-0.3, -0.25) is 4.99 Å². The zero-order valence-corrected chi connectivity index (χ0v) is 6.83. The second-order valence-corrected chi connectivity index (χ2v) is 4.52. The summed E-state index contributed by atoms with van der Waals surface area (Å²) in [6.07, 6.45) is 4.00. The molecule has 1 aliphatic rings. The molecule has 2 heteroatoms. The molecule has 1 rings (SSSR count). The average molecular weight is 141 g/mol. The monoisotopic (exact) mass is 141 g/mol. The largest absolute Gasteiger partial charge is 0.255 e. The number of rotatable bonds is 0. The van der Waals surface area contributed by atoms with Gasteiger partial charge in [0.15, 0.2) is 0 Å². The van der Waals surface area contributed by atoms with E-state index in [0.717, 1.165) is 5.04 Å². The third-order valence-corrected chi connectivity index (χ3v) is 2.21. The fourth-order valence-electron chi connectivity index (χ4n) is 0.763. The van der Waals surface area contributed by atoms with E-state index in [-0.39, 0.29) is 4.75 Å². The second-order valence-electron chi connectivity index (χ2n) is 2.67. The maximum atomic E-state index is 4.12. The molecule has 0 saturated carbocycles. The Morgan fingerprint density at radius 2 is 2.22 bits per heavy atom. The van der Waals surface area contributed by atoms with Crippen molar-refractivity contribution in [1.29, 1.82) is 0 Å². The van der Waals surface area contributed by atoms with Crippen molar-refractivity contribution in [3.8, 4) is 0 Å². The summed E-state index contributed by atoms with van der Waals surface area (Å²) < 4.78 is 0.256. The minimum absolute atomic E-state index is 0.256. The molecule has 0 fully saturated rings. The molecule has 0 N–H and O–H groups in total. The van der Waals surface area contributed by atoms with E-state index >= 15 is 0 Å². The summed E-state index contributed by atoms with van der Waals surface area (Å²) in [6.45, 7) is 6.41. The molecular formula is C7H11NS. The van der Waals surface area contributed by atoms with Crippen LogP contribution < -0.4 is 0 Å². The first-order valence-electron chi connectivity index (χ1n) is 3.01. The second kappa shape index (κ2) is 2.18. The van der Waals surface area contributed by atoms with Crippen molar-refractivity contribution in [3.05, 3.63) is 12.3 Å². The van der Waals surface area contributed by atoms with E-state index in [2.05, 4.69) is 24.9 Å². The van der Waals surface area contributed by atoms with Gasteiger partial charge in [0, 0.05) is 10.9 Å². The van der Waals surface area contributed by atoms with Gasteiger partial charge in [0.25, 0.3) is 0 Å². The summed E-state index contributed by atoms with van der Waals surface area (Å²) in [7, 11) is 0. The van der Waals surface area contributed by atoms with E-state index in [1.165, 1.54) is 0 Å². The predicted octanol–water partition coefficient (Wildman–Crippen LogP) is 2.44. The summed E-state index contributed by atoms with van der Waals surface area (Å²) in [6, 6.07) is 0. The highest BCUT2D eigenvalue weighted by Gasteiger charge is 2.17. The lowest BCUT2D eigenvalue weighted by Crippen LogP contribution is -2.14. The van der Waals surface area contributed by atoms with E-state index < -0.39 is 0 Å². The van der Waals surface area contributed by atoms with Gasteiger partial charge in [-0.05, 0) is 20.8 Å². The van der Waals surface area contributed by atoms with Crippen LogP contribution in [0.15, 0.2) is 17.3 Å². The predicted molar refractivity (Wildman–Crippen MR) is 43.9 cm³/mol. The lowest BCUT2D eigenvalue weighted by molar-refractivity contribution is 0.898. The Kier molecular flexibility index (Phi) is 1.66. The highest BCUT2D eigenvalue weighted by Crippen LogP contribution is 2.29. The molecule has 0 aromatic rings. The number of thioether (sulfide) groups is 1. The molecule has 0 atom stereocenters. The minimum atomic E-state index is 0.256. The third-order valence-electron chi connectivity index (χ3n) is 1.14. The van der Waals surface area contributed by atoms with E-state index in [0.29, 0.717) is 0 Å². The summed E-state index contributed by atoms with van der Waals surface area (Å²) >= 11 is 1.81. The van der Waals surface area contributed by atoms with Gasteiger partial charge < -0.3 is 0 Å². The standard InChI is InChI=1S/C7H11NS/c1-6-8-5-4-7(2,3)9-6/h4-5H,1-3H3. The first kappa shape index (κ1) is 6.87. The number of hydrogen-bond acceptors (Lipinski definition) is 2. The van der Waals surface area contributed by atoms with Gasteiger partial charge in [-0.2, -0.15) is 0 Å². The molecule has 0 aromatic carbocycles. The van der Waals surface area contributed by atoms with Gasteiger partial charge in [-0.25, -0.2) is 0 Å². The Morgan fingerprint density at radius 1 is 1.56 bits per heavy atom. The van der Waals surface area contributed by atoms with E-state index in [9.17, 15) is 0 Å². The Bertz CT molecular complexity index is 168. The Labute approximate surface area is 60.3 Å². The summed E-state index contributed by atoms with van der Waals surface area (Å²) in [5, 5.41) is 1.16. The van der Waals surface area contributed by atoms with Gasteiger partial charge in [0.1, 0.15) is 0 Å². The van der Waals surface area contributed by atoms with Gasteiger partial charge in [0.05, 0.1) is 5.04 Å². The highest BCUT2D eigenvalue weighted by atomic mass is 32.2. The van der Waals surface area contributed by atoms with Crippen molar-refractivity contribution in [3.63, 3.8) is 0 Å². The van der Waals surface area contributed by atoms with Crippen LogP contribution in [0, 0.1) is 0 Å². The van der Waals surface area contributed by atoms with Crippen LogP contribution in [0.5, 0.6) is 0 Å². The quantitative estimate of drug-likeness (QED) is 0.504. The molecule has 0 aromatic heterocycles. The summed E-state index contributed by atoms with van der Waals surface area (Å²) in [5.41, 5.74) is 0. The fourth-order valence-corrected chi connectivity index (χ4v) is 1.77. The molecule has 0 radical (unpaired) electrons. The Balaban J connectivity index is 2.73. The third kappa shape index (κ3) is 1.86. The van der Waals surface area contributed by atoms with Crippen LogP contribution in [0.4, 0.5) is 0 Å². The van der Waals surface area contributed by atoms with Gasteiger partial charge >= 0.3 is 0 Å². The SMILES string of the molecule is CC1=NC=CC(C)(C)S1. The molecule has 1 aliphatic heterocycles. The Hall–Kier alpha value is -0.240. The molecule has 1 heterocycles. The Morgan fingerprint density at radius 3 is 2.56 bits per heavy atom. The molecule has 0 aliphatic carbocycles. The fraction of sp³-hybridized carbons (Fsp3) is 0.571. The zero-order chi connectivity index (χ0) is 6.91. The molecule has 0 unspecified atom stereocenters. The lowest BCUT2D eigenvalue weighted by Gasteiger charge is -2.21. The van der Waals surface area contributed by atoms with Crippen molar-refractivity contribution < 1.29 is 0 Å². The molecule has 0 bridgehead atoms. The number of hydrogen-bond donors (Lipinski definition) is 0. The number of nitrogens with zero attached hydrogens (tertiary/aromatic N) is 1. The molecule has 9 heavy (non-hydrogen) atoms. The van der Waals surface area contributed by atoms with Crippen LogP contribution in [0.3, 0.4) is 0 Å². The summed E-state index contributed by atoms with van der Waals surface area (Å²) in [4.78, 5) is 4.12. The van der Waals surface area contributed by atoms with Crippen molar-refractivity contribution >= 4 is 16.8 Å². The van der Waals surface area contributed by atoms with Crippen molar-refractivity contribution in [2.45, 2.75) is 25.5 Å². The number of aliphatic imine (C=N–C) groups is 1. The molecule has 50 valence electrons. The maximum Gasteiger partial charge on any atom is 0.0708 e. The first-order valence-corrected chi connectivity index (χ1v) is 3.83. The van der Waals surface area contributed by atoms with Crippen LogP contribution in [-0.2, 0) is 0 Å². The van der Waals surface area contributed by atoms with Crippen LogP contribution in [0.25, 0.3) is 0 Å². The zero-order valence-electron chi connectivity index (χ0n) is 6.01. The molecule has 0 spiro atoms. The topological polar surface area (TPSA) is 12.4 Å².